The number of para-hydroxylation sites is 1. The number of aromatic nitrogens is 2. The van der Waals surface area contributed by atoms with Crippen molar-refractivity contribution in [2.45, 2.75) is 25.8 Å². The number of carbonyl (C=O) groups excluding carboxylic acids is 1. The van der Waals surface area contributed by atoms with E-state index in [2.05, 4.69) is 34.8 Å². The van der Waals surface area contributed by atoms with Gasteiger partial charge in [-0.2, -0.15) is 0 Å². The summed E-state index contributed by atoms with van der Waals surface area (Å²) in [7, 11) is 3.89. The SMILES string of the molecule is C[C@H](Cc1ccccn1)N(C)C(=O)Cc1cn(C)c2ccccc12. The molecule has 4 heteroatoms. The highest BCUT2D eigenvalue weighted by molar-refractivity contribution is 5.89. The zero-order valence-electron chi connectivity index (χ0n) is 14.4. The van der Waals surface area contributed by atoms with Gasteiger partial charge in [0, 0.05) is 55.5 Å². The van der Waals surface area contributed by atoms with Crippen LogP contribution in [0.5, 0.6) is 0 Å². The molecule has 2 heterocycles. The van der Waals surface area contributed by atoms with Crippen molar-refractivity contribution in [1.82, 2.24) is 14.5 Å². The second kappa shape index (κ2) is 6.87. The van der Waals surface area contributed by atoms with Crippen molar-refractivity contribution in [3.05, 3.63) is 66.1 Å². The maximum absolute atomic E-state index is 12.7. The minimum atomic E-state index is 0.113. The lowest BCUT2D eigenvalue weighted by Crippen LogP contribution is -2.37. The smallest absolute Gasteiger partial charge is 0.227 e. The fourth-order valence-corrected chi connectivity index (χ4v) is 3.06. The number of likely N-dealkylation sites (N-methyl/N-ethyl adjacent to an activating group) is 1. The highest BCUT2D eigenvalue weighted by Gasteiger charge is 2.18. The highest BCUT2D eigenvalue weighted by Crippen LogP contribution is 2.21. The van der Waals surface area contributed by atoms with Crippen LogP contribution in [0, 0.1) is 0 Å². The Balaban J connectivity index is 1.71. The summed E-state index contributed by atoms with van der Waals surface area (Å²) < 4.78 is 2.08. The molecule has 0 spiro atoms. The summed E-state index contributed by atoms with van der Waals surface area (Å²) in [4.78, 5) is 18.9. The molecule has 0 aliphatic heterocycles. The summed E-state index contributed by atoms with van der Waals surface area (Å²) >= 11 is 0. The van der Waals surface area contributed by atoms with Crippen molar-refractivity contribution in [3.63, 3.8) is 0 Å². The van der Waals surface area contributed by atoms with Crippen molar-refractivity contribution >= 4 is 16.8 Å². The van der Waals surface area contributed by atoms with Crippen LogP contribution in [0.1, 0.15) is 18.2 Å². The Kier molecular flexibility index (Phi) is 4.65. The van der Waals surface area contributed by atoms with Crippen molar-refractivity contribution in [2.24, 2.45) is 7.05 Å². The number of benzene rings is 1. The first-order valence-electron chi connectivity index (χ1n) is 8.24. The van der Waals surface area contributed by atoms with Gasteiger partial charge in [0.25, 0.3) is 0 Å². The fourth-order valence-electron chi connectivity index (χ4n) is 3.06. The Morgan fingerprint density at radius 2 is 1.96 bits per heavy atom. The van der Waals surface area contributed by atoms with E-state index >= 15 is 0 Å². The van der Waals surface area contributed by atoms with Gasteiger partial charge in [0.1, 0.15) is 0 Å². The molecule has 1 atom stereocenters. The lowest BCUT2D eigenvalue weighted by atomic mass is 10.1. The molecule has 0 fully saturated rings. The number of amides is 1. The molecule has 0 bridgehead atoms. The average Bonchev–Trinajstić information content (AvgIpc) is 2.91. The van der Waals surface area contributed by atoms with Gasteiger partial charge < -0.3 is 9.47 Å². The lowest BCUT2D eigenvalue weighted by Gasteiger charge is -2.24. The Hall–Kier alpha value is -2.62. The zero-order valence-corrected chi connectivity index (χ0v) is 14.4. The van der Waals surface area contributed by atoms with Gasteiger partial charge in [-0.1, -0.05) is 24.3 Å². The molecule has 0 radical (unpaired) electrons. The second-order valence-corrected chi connectivity index (χ2v) is 6.34. The van der Waals surface area contributed by atoms with Crippen LogP contribution < -0.4 is 0 Å². The van der Waals surface area contributed by atoms with Gasteiger partial charge in [-0.3, -0.25) is 9.78 Å². The van der Waals surface area contributed by atoms with Crippen LogP contribution in [0.2, 0.25) is 0 Å². The van der Waals surface area contributed by atoms with Crippen LogP contribution >= 0.6 is 0 Å². The first-order valence-corrected chi connectivity index (χ1v) is 8.24. The van der Waals surface area contributed by atoms with Crippen molar-refractivity contribution in [3.8, 4) is 0 Å². The summed E-state index contributed by atoms with van der Waals surface area (Å²) in [6, 6.07) is 14.2. The van der Waals surface area contributed by atoms with E-state index in [0.29, 0.717) is 6.42 Å². The molecule has 24 heavy (non-hydrogen) atoms. The number of fused-ring (bicyclic) bond motifs is 1. The fraction of sp³-hybridized carbons (Fsp3) is 0.300. The molecule has 3 aromatic rings. The van der Waals surface area contributed by atoms with E-state index in [4.69, 9.17) is 0 Å². The number of aryl methyl sites for hydroxylation is 1. The standard InChI is InChI=1S/C20H23N3O/c1-15(12-17-8-6-7-11-21-17)23(3)20(24)13-16-14-22(2)19-10-5-4-9-18(16)19/h4-11,14-15H,12-13H2,1-3H3/t15-/m1/s1. The van der Waals surface area contributed by atoms with Crippen LogP contribution in [0.25, 0.3) is 10.9 Å². The third kappa shape index (κ3) is 3.32. The number of pyridine rings is 1. The third-order valence-electron chi connectivity index (χ3n) is 4.61. The summed E-state index contributed by atoms with van der Waals surface area (Å²) in [6.07, 6.45) is 5.03. The quantitative estimate of drug-likeness (QED) is 0.724. The number of carbonyl (C=O) groups is 1. The first kappa shape index (κ1) is 16.2. The van der Waals surface area contributed by atoms with E-state index in [-0.39, 0.29) is 11.9 Å². The van der Waals surface area contributed by atoms with Crippen LogP contribution in [0.3, 0.4) is 0 Å². The molecule has 0 aliphatic carbocycles. The molecular weight excluding hydrogens is 298 g/mol. The Morgan fingerprint density at radius 1 is 1.21 bits per heavy atom. The molecule has 2 aromatic heterocycles. The van der Waals surface area contributed by atoms with Gasteiger partial charge in [-0.05, 0) is 30.7 Å². The highest BCUT2D eigenvalue weighted by atomic mass is 16.2. The number of hydrogen-bond donors (Lipinski definition) is 0. The molecule has 0 aliphatic rings. The van der Waals surface area contributed by atoms with Crippen LogP contribution in [-0.2, 0) is 24.7 Å². The number of nitrogens with zero attached hydrogens (tertiary/aromatic N) is 3. The van der Waals surface area contributed by atoms with Crippen LogP contribution in [0.4, 0.5) is 0 Å². The summed E-state index contributed by atoms with van der Waals surface area (Å²) in [6.45, 7) is 2.07. The molecule has 3 rings (SSSR count). The van der Waals surface area contributed by atoms with Crippen molar-refractivity contribution < 1.29 is 4.79 Å². The molecule has 1 amide bonds. The van der Waals surface area contributed by atoms with Gasteiger partial charge >= 0.3 is 0 Å². The monoisotopic (exact) mass is 321 g/mol. The van der Waals surface area contributed by atoms with Crippen molar-refractivity contribution in [1.29, 1.82) is 0 Å². The van der Waals surface area contributed by atoms with Crippen molar-refractivity contribution in [2.75, 3.05) is 7.05 Å². The summed E-state index contributed by atoms with van der Waals surface area (Å²) in [5, 5.41) is 1.15. The van der Waals surface area contributed by atoms with Crippen LogP contribution in [-0.4, -0.2) is 33.4 Å². The molecular formula is C20H23N3O. The first-order chi connectivity index (χ1) is 11.6. The van der Waals surface area contributed by atoms with Gasteiger partial charge in [0.05, 0.1) is 6.42 Å². The zero-order chi connectivity index (χ0) is 17.1. The largest absolute Gasteiger partial charge is 0.350 e. The number of rotatable bonds is 5. The normalized spacial score (nSPS) is 12.3. The second-order valence-electron chi connectivity index (χ2n) is 6.34. The molecule has 0 unspecified atom stereocenters. The minimum Gasteiger partial charge on any atom is -0.350 e. The van der Waals surface area contributed by atoms with E-state index < -0.39 is 0 Å². The Labute approximate surface area is 142 Å². The molecule has 0 N–H and O–H groups in total. The summed E-state index contributed by atoms with van der Waals surface area (Å²) in [5.41, 5.74) is 3.24. The molecule has 124 valence electrons. The van der Waals surface area contributed by atoms with Gasteiger partial charge in [0.2, 0.25) is 5.91 Å². The van der Waals surface area contributed by atoms with E-state index in [9.17, 15) is 4.79 Å². The van der Waals surface area contributed by atoms with Crippen LogP contribution in [0.15, 0.2) is 54.9 Å². The van der Waals surface area contributed by atoms with Gasteiger partial charge in [0.15, 0.2) is 0 Å². The number of hydrogen-bond acceptors (Lipinski definition) is 2. The molecule has 0 saturated heterocycles. The van der Waals surface area contributed by atoms with E-state index in [0.717, 1.165) is 28.6 Å². The molecule has 1 aromatic carbocycles. The third-order valence-corrected chi connectivity index (χ3v) is 4.61. The predicted molar refractivity (Wildman–Crippen MR) is 96.8 cm³/mol. The maximum atomic E-state index is 12.7. The molecule has 4 nitrogen and oxygen atoms in total. The Bertz CT molecular complexity index is 838. The van der Waals surface area contributed by atoms with Gasteiger partial charge in [-0.25, -0.2) is 0 Å². The maximum Gasteiger partial charge on any atom is 0.227 e. The average molecular weight is 321 g/mol. The Morgan fingerprint density at radius 3 is 2.71 bits per heavy atom. The van der Waals surface area contributed by atoms with Gasteiger partial charge in [-0.15, -0.1) is 0 Å². The van der Waals surface area contributed by atoms with E-state index in [1.807, 2.05) is 49.3 Å². The summed E-state index contributed by atoms with van der Waals surface area (Å²) in [5.74, 6) is 0.134. The minimum absolute atomic E-state index is 0.113. The predicted octanol–water partition coefficient (Wildman–Crippen LogP) is 3.21. The van der Waals surface area contributed by atoms with E-state index in [1.165, 1.54) is 0 Å². The van der Waals surface area contributed by atoms with E-state index in [1.54, 1.807) is 6.20 Å². The lowest BCUT2D eigenvalue weighted by molar-refractivity contribution is -0.130. The topological polar surface area (TPSA) is 38.1 Å². The molecule has 0 saturated carbocycles.